The van der Waals surface area contributed by atoms with Crippen LogP contribution in [0.25, 0.3) is 0 Å². The van der Waals surface area contributed by atoms with Crippen LogP contribution in [0.4, 0.5) is 4.79 Å². The topological polar surface area (TPSA) is 78.9 Å². The number of carboxylic acid groups (broad SMARTS) is 1. The largest absolute Gasteiger partial charge is 0.480 e. The minimum absolute atomic E-state index is 0.118. The van der Waals surface area contributed by atoms with Gasteiger partial charge in [0.25, 0.3) is 0 Å². The fourth-order valence-corrected chi connectivity index (χ4v) is 1.85. The molecule has 2 N–H and O–H groups in total. The van der Waals surface area contributed by atoms with Gasteiger partial charge in [-0.3, -0.25) is 0 Å². The second kappa shape index (κ2) is 5.69. The number of nitrogens with zero attached hydrogens (tertiary/aromatic N) is 1. The van der Waals surface area contributed by atoms with Crippen LogP contribution in [0.1, 0.15) is 19.8 Å². The SMILES string of the molecule is COCC(C)NC(=O)N1CCC[C@H]1C(=O)O. The number of rotatable bonds is 4. The third kappa shape index (κ3) is 3.10. The lowest BCUT2D eigenvalue weighted by Crippen LogP contribution is -2.49. The normalized spacial score (nSPS) is 21.9. The van der Waals surface area contributed by atoms with Crippen LogP contribution < -0.4 is 5.32 Å². The van der Waals surface area contributed by atoms with Crippen LogP contribution in [-0.2, 0) is 9.53 Å². The van der Waals surface area contributed by atoms with E-state index in [0.29, 0.717) is 19.6 Å². The van der Waals surface area contributed by atoms with Gasteiger partial charge >= 0.3 is 12.0 Å². The summed E-state index contributed by atoms with van der Waals surface area (Å²) in [6.45, 7) is 2.73. The molecular weight excluding hydrogens is 212 g/mol. The third-order valence-corrected chi connectivity index (χ3v) is 2.59. The van der Waals surface area contributed by atoms with Crippen LogP contribution in [0.5, 0.6) is 0 Å². The van der Waals surface area contributed by atoms with E-state index in [2.05, 4.69) is 5.32 Å². The molecule has 0 bridgehead atoms. The van der Waals surface area contributed by atoms with Gasteiger partial charge in [-0.1, -0.05) is 0 Å². The predicted molar refractivity (Wildman–Crippen MR) is 57.2 cm³/mol. The zero-order valence-electron chi connectivity index (χ0n) is 9.60. The number of urea groups is 1. The van der Waals surface area contributed by atoms with Gasteiger partial charge in [0.1, 0.15) is 6.04 Å². The molecule has 1 rings (SSSR count). The zero-order chi connectivity index (χ0) is 12.1. The van der Waals surface area contributed by atoms with E-state index in [1.165, 1.54) is 4.90 Å². The molecule has 2 atom stereocenters. The lowest BCUT2D eigenvalue weighted by molar-refractivity contribution is -0.141. The molecule has 92 valence electrons. The Bertz CT molecular complexity index is 270. The van der Waals surface area contributed by atoms with E-state index in [9.17, 15) is 9.59 Å². The maximum absolute atomic E-state index is 11.7. The van der Waals surface area contributed by atoms with Crippen molar-refractivity contribution >= 4 is 12.0 Å². The number of carboxylic acids is 1. The predicted octanol–water partition coefficient (Wildman–Crippen LogP) is 0.280. The standard InChI is InChI=1S/C10H18N2O4/c1-7(6-16-2)11-10(15)12-5-3-4-8(12)9(13)14/h7-8H,3-6H2,1-2H3,(H,11,15)(H,13,14)/t7?,8-/m0/s1. The molecule has 0 radical (unpaired) electrons. The molecule has 6 heteroatoms. The van der Waals surface area contributed by atoms with Gasteiger partial charge in [0.2, 0.25) is 0 Å². The second-order valence-corrected chi connectivity index (χ2v) is 4.00. The average Bonchev–Trinajstić information content (AvgIpc) is 2.65. The summed E-state index contributed by atoms with van der Waals surface area (Å²) in [5.41, 5.74) is 0. The molecule has 1 fully saturated rings. The van der Waals surface area contributed by atoms with Crippen LogP contribution in [-0.4, -0.2) is 54.4 Å². The Morgan fingerprint density at radius 3 is 2.88 bits per heavy atom. The summed E-state index contributed by atoms with van der Waals surface area (Å²) in [6, 6.07) is -1.13. The van der Waals surface area contributed by atoms with Crippen molar-refractivity contribution in [2.45, 2.75) is 31.8 Å². The molecule has 16 heavy (non-hydrogen) atoms. The summed E-state index contributed by atoms with van der Waals surface area (Å²) in [6.07, 6.45) is 1.27. The van der Waals surface area contributed by atoms with Gasteiger partial charge in [-0.2, -0.15) is 0 Å². The van der Waals surface area contributed by atoms with Crippen LogP contribution in [0.2, 0.25) is 0 Å². The Morgan fingerprint density at radius 1 is 1.62 bits per heavy atom. The Hall–Kier alpha value is -1.30. The molecule has 0 aromatic carbocycles. The summed E-state index contributed by atoms with van der Waals surface area (Å²) < 4.78 is 4.89. The monoisotopic (exact) mass is 230 g/mol. The number of methoxy groups -OCH3 is 1. The highest BCUT2D eigenvalue weighted by Gasteiger charge is 2.34. The molecule has 1 saturated heterocycles. The molecule has 1 unspecified atom stereocenters. The van der Waals surface area contributed by atoms with Gasteiger partial charge in [-0.25, -0.2) is 9.59 Å². The van der Waals surface area contributed by atoms with Crippen molar-refractivity contribution in [1.82, 2.24) is 10.2 Å². The zero-order valence-corrected chi connectivity index (χ0v) is 9.60. The molecule has 0 saturated carbocycles. The van der Waals surface area contributed by atoms with E-state index in [-0.39, 0.29) is 12.1 Å². The highest BCUT2D eigenvalue weighted by molar-refractivity contribution is 5.83. The van der Waals surface area contributed by atoms with Gasteiger partial charge in [-0.15, -0.1) is 0 Å². The highest BCUT2D eigenvalue weighted by atomic mass is 16.5. The molecule has 0 aliphatic carbocycles. The summed E-state index contributed by atoms with van der Waals surface area (Å²) >= 11 is 0. The Labute approximate surface area is 94.6 Å². The van der Waals surface area contributed by atoms with E-state index in [1.807, 2.05) is 6.92 Å². The quantitative estimate of drug-likeness (QED) is 0.727. The number of hydrogen-bond donors (Lipinski definition) is 2. The summed E-state index contributed by atoms with van der Waals surface area (Å²) in [4.78, 5) is 24.0. The van der Waals surface area contributed by atoms with E-state index in [0.717, 1.165) is 6.42 Å². The second-order valence-electron chi connectivity index (χ2n) is 4.00. The highest BCUT2D eigenvalue weighted by Crippen LogP contribution is 2.17. The average molecular weight is 230 g/mol. The maximum Gasteiger partial charge on any atom is 0.326 e. The van der Waals surface area contributed by atoms with Crippen LogP contribution in [0.15, 0.2) is 0 Å². The fourth-order valence-electron chi connectivity index (χ4n) is 1.85. The van der Waals surface area contributed by atoms with Crippen molar-refractivity contribution in [3.63, 3.8) is 0 Å². The van der Waals surface area contributed by atoms with Crippen molar-refractivity contribution in [2.24, 2.45) is 0 Å². The molecule has 1 aliphatic heterocycles. The minimum atomic E-state index is -0.938. The van der Waals surface area contributed by atoms with Gasteiger partial charge < -0.3 is 20.1 Å². The van der Waals surface area contributed by atoms with Crippen LogP contribution in [0.3, 0.4) is 0 Å². The number of aliphatic carboxylic acids is 1. The minimum Gasteiger partial charge on any atom is -0.480 e. The maximum atomic E-state index is 11.7. The summed E-state index contributed by atoms with van der Waals surface area (Å²) in [7, 11) is 1.55. The van der Waals surface area contributed by atoms with Crippen molar-refractivity contribution in [2.75, 3.05) is 20.3 Å². The number of amides is 2. The van der Waals surface area contributed by atoms with Crippen molar-refractivity contribution in [1.29, 1.82) is 0 Å². The van der Waals surface area contributed by atoms with Crippen molar-refractivity contribution in [3.8, 4) is 0 Å². The lowest BCUT2D eigenvalue weighted by Gasteiger charge is -2.24. The number of likely N-dealkylation sites (tertiary alicyclic amines) is 1. The molecule has 0 aromatic heterocycles. The van der Waals surface area contributed by atoms with Crippen molar-refractivity contribution in [3.05, 3.63) is 0 Å². The van der Waals surface area contributed by atoms with Crippen molar-refractivity contribution < 1.29 is 19.4 Å². The summed E-state index contributed by atoms with van der Waals surface area (Å²) in [5, 5.41) is 11.6. The Balaban J connectivity index is 2.49. The Kier molecular flexibility index (Phi) is 4.54. The molecular formula is C10H18N2O4. The number of carbonyl (C=O) groups excluding carboxylic acids is 1. The van der Waals surface area contributed by atoms with E-state index in [4.69, 9.17) is 9.84 Å². The van der Waals surface area contributed by atoms with Gasteiger partial charge in [0, 0.05) is 13.7 Å². The number of ether oxygens (including phenoxy) is 1. The van der Waals surface area contributed by atoms with Gasteiger partial charge in [0.05, 0.1) is 12.6 Å². The first-order valence-corrected chi connectivity index (χ1v) is 5.35. The first kappa shape index (κ1) is 12.8. The fraction of sp³-hybridized carbons (Fsp3) is 0.800. The smallest absolute Gasteiger partial charge is 0.326 e. The Morgan fingerprint density at radius 2 is 2.31 bits per heavy atom. The van der Waals surface area contributed by atoms with Gasteiger partial charge in [0.15, 0.2) is 0 Å². The molecule has 2 amide bonds. The molecule has 6 nitrogen and oxygen atoms in total. The third-order valence-electron chi connectivity index (χ3n) is 2.59. The molecule has 0 aromatic rings. The lowest BCUT2D eigenvalue weighted by atomic mass is 10.2. The van der Waals surface area contributed by atoms with Gasteiger partial charge in [-0.05, 0) is 19.8 Å². The first-order valence-electron chi connectivity index (χ1n) is 5.35. The molecule has 1 aliphatic rings. The number of carbonyl (C=O) groups is 2. The van der Waals surface area contributed by atoms with Crippen LogP contribution in [0, 0.1) is 0 Å². The molecule has 1 heterocycles. The number of nitrogens with one attached hydrogen (secondary N) is 1. The number of hydrogen-bond acceptors (Lipinski definition) is 3. The first-order chi connectivity index (χ1) is 7.56. The van der Waals surface area contributed by atoms with Crippen LogP contribution >= 0.6 is 0 Å². The molecule has 0 spiro atoms. The van der Waals surface area contributed by atoms with E-state index in [1.54, 1.807) is 7.11 Å². The summed E-state index contributed by atoms with van der Waals surface area (Å²) in [5.74, 6) is -0.938. The van der Waals surface area contributed by atoms with E-state index < -0.39 is 12.0 Å². The van der Waals surface area contributed by atoms with E-state index >= 15 is 0 Å².